The van der Waals surface area contributed by atoms with Gasteiger partial charge in [-0.15, -0.1) is 12.4 Å². The fourth-order valence-electron chi connectivity index (χ4n) is 3.39. The second-order valence-electron chi connectivity index (χ2n) is 7.60. The highest BCUT2D eigenvalue weighted by Crippen LogP contribution is 2.39. The van der Waals surface area contributed by atoms with Crippen LogP contribution < -0.4 is 14.4 Å². The summed E-state index contributed by atoms with van der Waals surface area (Å²) in [6, 6.07) is 10.8. The Bertz CT molecular complexity index is 1050. The molecule has 2 aromatic carbocycles. The standard InChI is InChI=1S/C24H30ClN3O3S.ClH/c1-6-27(7-2)14-15-28(23(29)17-8-10-18(11-9-17)31-16(3)4)24-26-21-20(30-5)13-12-19(25)22(21)32-24;/h8-13,16H,6-7,14-15H2,1-5H3;1H. The summed E-state index contributed by atoms with van der Waals surface area (Å²) in [6.07, 6.45) is 0.0737. The molecule has 33 heavy (non-hydrogen) atoms. The number of carbonyl (C=O) groups is 1. The number of hydrogen-bond acceptors (Lipinski definition) is 6. The molecule has 0 fully saturated rings. The lowest BCUT2D eigenvalue weighted by atomic mass is 10.2. The zero-order valence-electron chi connectivity index (χ0n) is 19.6. The molecule has 0 saturated heterocycles. The number of aromatic nitrogens is 1. The number of anilines is 1. The van der Waals surface area contributed by atoms with E-state index in [9.17, 15) is 4.79 Å². The average molecular weight is 513 g/mol. The first-order valence-corrected chi connectivity index (χ1v) is 12.0. The number of nitrogens with zero attached hydrogens (tertiary/aromatic N) is 3. The molecular formula is C24H31Cl2N3O3S. The Kier molecular flexibility index (Phi) is 10.2. The second-order valence-corrected chi connectivity index (χ2v) is 8.98. The molecule has 0 radical (unpaired) electrons. The quantitative estimate of drug-likeness (QED) is 0.326. The molecule has 3 aromatic rings. The van der Waals surface area contributed by atoms with Crippen LogP contribution in [0.3, 0.4) is 0 Å². The van der Waals surface area contributed by atoms with Gasteiger partial charge in [-0.2, -0.15) is 0 Å². The van der Waals surface area contributed by atoms with Crippen LogP contribution in [0.5, 0.6) is 11.5 Å². The first-order valence-electron chi connectivity index (χ1n) is 10.8. The number of thiazole rings is 1. The molecule has 0 aliphatic rings. The summed E-state index contributed by atoms with van der Waals surface area (Å²) < 4.78 is 12.0. The van der Waals surface area contributed by atoms with Gasteiger partial charge in [-0.05, 0) is 63.3 Å². The Morgan fingerprint density at radius 3 is 2.33 bits per heavy atom. The molecule has 0 N–H and O–H groups in total. The van der Waals surface area contributed by atoms with Gasteiger partial charge in [-0.3, -0.25) is 9.69 Å². The van der Waals surface area contributed by atoms with Gasteiger partial charge in [0.05, 0.1) is 22.9 Å². The predicted octanol–water partition coefficient (Wildman–Crippen LogP) is 6.16. The van der Waals surface area contributed by atoms with Gasteiger partial charge in [0, 0.05) is 18.7 Å². The maximum absolute atomic E-state index is 13.6. The van der Waals surface area contributed by atoms with E-state index in [1.807, 2.05) is 26.0 Å². The lowest BCUT2D eigenvalue weighted by Gasteiger charge is -2.24. The van der Waals surface area contributed by atoms with Crippen LogP contribution in [0.4, 0.5) is 5.13 Å². The number of rotatable bonds is 10. The van der Waals surface area contributed by atoms with Gasteiger partial charge < -0.3 is 14.4 Å². The van der Waals surface area contributed by atoms with Gasteiger partial charge >= 0.3 is 0 Å². The lowest BCUT2D eigenvalue weighted by molar-refractivity contribution is 0.0983. The van der Waals surface area contributed by atoms with Crippen molar-refractivity contribution < 1.29 is 14.3 Å². The van der Waals surface area contributed by atoms with Crippen molar-refractivity contribution in [3.05, 3.63) is 47.0 Å². The van der Waals surface area contributed by atoms with Crippen LogP contribution in [0.25, 0.3) is 10.2 Å². The molecule has 1 amide bonds. The van der Waals surface area contributed by atoms with E-state index in [1.165, 1.54) is 11.3 Å². The summed E-state index contributed by atoms with van der Waals surface area (Å²) in [5, 5.41) is 1.20. The molecule has 180 valence electrons. The van der Waals surface area contributed by atoms with Crippen molar-refractivity contribution in [2.75, 3.05) is 38.2 Å². The van der Waals surface area contributed by atoms with Crippen molar-refractivity contribution in [1.82, 2.24) is 9.88 Å². The van der Waals surface area contributed by atoms with Crippen molar-refractivity contribution in [2.24, 2.45) is 0 Å². The number of halogens is 2. The fourth-order valence-corrected chi connectivity index (χ4v) is 4.67. The second kappa shape index (κ2) is 12.4. The first kappa shape index (κ1) is 27.2. The van der Waals surface area contributed by atoms with Gasteiger partial charge in [0.25, 0.3) is 5.91 Å². The smallest absolute Gasteiger partial charge is 0.260 e. The average Bonchev–Trinajstić information content (AvgIpc) is 3.23. The van der Waals surface area contributed by atoms with E-state index in [1.54, 1.807) is 36.3 Å². The third-order valence-electron chi connectivity index (χ3n) is 5.15. The third kappa shape index (κ3) is 6.51. The van der Waals surface area contributed by atoms with Crippen molar-refractivity contribution >= 4 is 56.6 Å². The van der Waals surface area contributed by atoms with Gasteiger partial charge in [0.15, 0.2) is 5.13 Å². The van der Waals surface area contributed by atoms with E-state index < -0.39 is 0 Å². The molecule has 0 bridgehead atoms. The zero-order chi connectivity index (χ0) is 23.3. The van der Waals surface area contributed by atoms with Crippen molar-refractivity contribution in [3.63, 3.8) is 0 Å². The van der Waals surface area contributed by atoms with E-state index in [0.717, 1.165) is 30.1 Å². The lowest BCUT2D eigenvalue weighted by Crippen LogP contribution is -2.38. The van der Waals surface area contributed by atoms with Crippen LogP contribution in [0.2, 0.25) is 5.02 Å². The van der Waals surface area contributed by atoms with Gasteiger partial charge in [-0.1, -0.05) is 36.8 Å². The Morgan fingerprint density at radius 1 is 1.09 bits per heavy atom. The summed E-state index contributed by atoms with van der Waals surface area (Å²) in [7, 11) is 1.60. The van der Waals surface area contributed by atoms with Crippen LogP contribution in [0.1, 0.15) is 38.1 Å². The highest BCUT2D eigenvalue weighted by Gasteiger charge is 2.23. The molecule has 1 aromatic heterocycles. The minimum atomic E-state index is -0.109. The molecule has 0 spiro atoms. The van der Waals surface area contributed by atoms with Crippen LogP contribution in [0.15, 0.2) is 36.4 Å². The molecule has 0 unspecified atom stereocenters. The third-order valence-corrected chi connectivity index (χ3v) is 6.69. The van der Waals surface area contributed by atoms with E-state index in [-0.39, 0.29) is 24.4 Å². The molecule has 0 saturated carbocycles. The van der Waals surface area contributed by atoms with Gasteiger partial charge in [-0.25, -0.2) is 4.98 Å². The molecular weight excluding hydrogens is 481 g/mol. The van der Waals surface area contributed by atoms with Crippen molar-refractivity contribution in [1.29, 1.82) is 0 Å². The summed E-state index contributed by atoms with van der Waals surface area (Å²) in [6.45, 7) is 11.3. The topological polar surface area (TPSA) is 54.9 Å². The largest absolute Gasteiger partial charge is 0.494 e. The van der Waals surface area contributed by atoms with E-state index in [2.05, 4.69) is 18.7 Å². The van der Waals surface area contributed by atoms with Crippen LogP contribution in [-0.4, -0.2) is 55.2 Å². The molecule has 3 rings (SSSR count). The molecule has 9 heteroatoms. The van der Waals surface area contributed by atoms with Crippen molar-refractivity contribution in [3.8, 4) is 11.5 Å². The maximum Gasteiger partial charge on any atom is 0.260 e. The molecule has 6 nitrogen and oxygen atoms in total. The molecule has 0 aliphatic heterocycles. The Labute approximate surface area is 210 Å². The number of ether oxygens (including phenoxy) is 2. The Morgan fingerprint density at radius 2 is 1.76 bits per heavy atom. The number of fused-ring (bicyclic) bond motifs is 1. The Hall–Kier alpha value is -2.06. The summed E-state index contributed by atoms with van der Waals surface area (Å²) in [5.74, 6) is 1.27. The first-order chi connectivity index (χ1) is 15.4. The Balaban J connectivity index is 0.00000385. The monoisotopic (exact) mass is 511 g/mol. The van der Waals surface area contributed by atoms with Gasteiger partial charge in [0.2, 0.25) is 0 Å². The molecule has 1 heterocycles. The van der Waals surface area contributed by atoms with Gasteiger partial charge in [0.1, 0.15) is 17.0 Å². The SMILES string of the molecule is CCN(CC)CCN(C(=O)c1ccc(OC(C)C)cc1)c1nc2c(OC)ccc(Cl)c2s1.Cl. The highest BCUT2D eigenvalue weighted by atomic mass is 35.5. The number of benzene rings is 2. The number of likely N-dealkylation sites (N-methyl/N-ethyl adjacent to an activating group) is 1. The number of carbonyl (C=O) groups excluding carboxylic acids is 1. The molecule has 0 atom stereocenters. The van der Waals surface area contributed by atoms with E-state index in [4.69, 9.17) is 26.1 Å². The predicted molar refractivity (Wildman–Crippen MR) is 140 cm³/mol. The fraction of sp³-hybridized carbons (Fsp3) is 0.417. The summed E-state index contributed by atoms with van der Waals surface area (Å²) in [5.41, 5.74) is 1.25. The zero-order valence-corrected chi connectivity index (χ0v) is 22.0. The van der Waals surface area contributed by atoms with Crippen LogP contribution in [-0.2, 0) is 0 Å². The minimum absolute atomic E-state index is 0. The van der Waals surface area contributed by atoms with Crippen molar-refractivity contribution in [2.45, 2.75) is 33.8 Å². The summed E-state index contributed by atoms with van der Waals surface area (Å²) in [4.78, 5) is 22.3. The van der Waals surface area contributed by atoms with E-state index in [0.29, 0.717) is 33.5 Å². The number of hydrogen-bond donors (Lipinski definition) is 0. The normalized spacial score (nSPS) is 11.0. The minimum Gasteiger partial charge on any atom is -0.494 e. The summed E-state index contributed by atoms with van der Waals surface area (Å²) >= 11 is 7.82. The maximum atomic E-state index is 13.6. The van der Waals surface area contributed by atoms with E-state index >= 15 is 0 Å². The number of amides is 1. The van der Waals surface area contributed by atoms with Crippen LogP contribution >= 0.6 is 35.3 Å². The highest BCUT2D eigenvalue weighted by molar-refractivity contribution is 7.23. The number of methoxy groups -OCH3 is 1. The van der Waals surface area contributed by atoms with Crippen LogP contribution in [0, 0.1) is 0 Å². The molecule has 0 aliphatic carbocycles.